The summed E-state index contributed by atoms with van der Waals surface area (Å²) in [6.07, 6.45) is 0.670. The molecule has 3 heterocycles. The number of fused-ring (bicyclic) bond motifs is 1. The second kappa shape index (κ2) is 7.59. The zero-order chi connectivity index (χ0) is 19.8. The summed E-state index contributed by atoms with van der Waals surface area (Å²) in [6.45, 7) is 0. The molecular formula is C17H24N6O5. The van der Waals surface area contributed by atoms with Gasteiger partial charge in [-0.3, -0.25) is 9.36 Å². The summed E-state index contributed by atoms with van der Waals surface area (Å²) in [5.74, 6) is -0.453. The number of nitrogens with zero attached hydrogens (tertiary/aromatic N) is 4. The van der Waals surface area contributed by atoms with E-state index in [4.69, 9.17) is 10.5 Å². The van der Waals surface area contributed by atoms with Crippen LogP contribution in [0.4, 0.5) is 5.82 Å². The lowest BCUT2D eigenvalue weighted by Crippen LogP contribution is -2.50. The van der Waals surface area contributed by atoms with E-state index in [0.29, 0.717) is 11.2 Å². The van der Waals surface area contributed by atoms with Gasteiger partial charge >= 0.3 is 0 Å². The van der Waals surface area contributed by atoms with Crippen molar-refractivity contribution in [1.82, 2.24) is 24.8 Å². The number of carbonyl (C=O) groups excluding carboxylic acids is 1. The van der Waals surface area contributed by atoms with Gasteiger partial charge in [-0.05, 0) is 12.8 Å². The van der Waals surface area contributed by atoms with Gasteiger partial charge in [0.05, 0.1) is 6.33 Å². The SMILES string of the molecule is Nc1ncnc2c1ncn2[C@@H]1O[C@H](C(O)C(=O)NC2CCCCC2)C(O)C1O. The lowest BCUT2D eigenvalue weighted by atomic mass is 9.95. The molecule has 1 aliphatic heterocycles. The number of hydrogen-bond donors (Lipinski definition) is 5. The number of carbonyl (C=O) groups is 1. The topological polar surface area (TPSA) is 169 Å². The van der Waals surface area contributed by atoms with Gasteiger partial charge in [0.25, 0.3) is 5.91 Å². The van der Waals surface area contributed by atoms with E-state index in [-0.39, 0.29) is 11.9 Å². The first-order chi connectivity index (χ1) is 13.5. The third kappa shape index (κ3) is 3.30. The molecule has 2 aliphatic rings. The molecule has 1 amide bonds. The minimum atomic E-state index is -1.62. The molecule has 2 aromatic heterocycles. The first kappa shape index (κ1) is 19.0. The van der Waals surface area contributed by atoms with E-state index in [1.807, 2.05) is 0 Å². The molecule has 2 aromatic rings. The predicted octanol–water partition coefficient (Wildman–Crippen LogP) is -1.16. The van der Waals surface area contributed by atoms with E-state index in [2.05, 4.69) is 20.3 Å². The Hall–Kier alpha value is -2.34. The average Bonchev–Trinajstić information content (AvgIpc) is 3.25. The van der Waals surface area contributed by atoms with E-state index in [1.54, 1.807) is 0 Å². The van der Waals surface area contributed by atoms with Gasteiger partial charge < -0.3 is 31.1 Å². The lowest BCUT2D eigenvalue weighted by molar-refractivity contribution is -0.144. The van der Waals surface area contributed by atoms with Crippen LogP contribution in [0.5, 0.6) is 0 Å². The van der Waals surface area contributed by atoms with Crippen LogP contribution in [0.3, 0.4) is 0 Å². The number of imidazole rings is 1. The standard InChI is InChI=1S/C17H24N6O5/c18-14-9-15(20-6-19-14)23(7-21-9)17-11(25)10(24)13(28-17)12(26)16(27)22-8-4-2-1-3-5-8/h6-8,10-13,17,24-26H,1-5H2,(H,22,27)(H2,18,19,20)/t10?,11?,12?,13-,17+/m0/s1. The number of nitrogens with two attached hydrogens (primary N) is 1. The molecule has 0 bridgehead atoms. The summed E-state index contributed by atoms with van der Waals surface area (Å²) in [4.78, 5) is 24.4. The molecule has 1 saturated carbocycles. The maximum atomic E-state index is 12.4. The van der Waals surface area contributed by atoms with Gasteiger partial charge in [-0.1, -0.05) is 19.3 Å². The van der Waals surface area contributed by atoms with E-state index in [1.165, 1.54) is 17.2 Å². The normalized spacial score (nSPS) is 29.8. The second-order valence-electron chi connectivity index (χ2n) is 7.34. The summed E-state index contributed by atoms with van der Waals surface area (Å²) in [5.41, 5.74) is 6.40. The predicted molar refractivity (Wildman–Crippen MR) is 96.7 cm³/mol. The zero-order valence-electron chi connectivity index (χ0n) is 15.2. The van der Waals surface area contributed by atoms with Crippen molar-refractivity contribution in [1.29, 1.82) is 0 Å². The number of amides is 1. The highest BCUT2D eigenvalue weighted by molar-refractivity contribution is 5.82. The highest BCUT2D eigenvalue weighted by atomic mass is 16.6. The summed E-state index contributed by atoms with van der Waals surface area (Å²) >= 11 is 0. The Labute approximate surface area is 160 Å². The van der Waals surface area contributed by atoms with E-state index >= 15 is 0 Å². The van der Waals surface area contributed by atoms with Crippen LogP contribution in [0.1, 0.15) is 38.3 Å². The van der Waals surface area contributed by atoms with Gasteiger partial charge in [0.1, 0.15) is 30.2 Å². The van der Waals surface area contributed by atoms with Crippen LogP contribution in [-0.4, -0.2) is 71.2 Å². The van der Waals surface area contributed by atoms with Gasteiger partial charge in [-0.2, -0.15) is 0 Å². The van der Waals surface area contributed by atoms with Crippen LogP contribution in [0, 0.1) is 0 Å². The van der Waals surface area contributed by atoms with Crippen LogP contribution in [0.15, 0.2) is 12.7 Å². The molecule has 11 heteroatoms. The fraction of sp³-hybridized carbons (Fsp3) is 0.647. The Morgan fingerprint density at radius 3 is 2.71 bits per heavy atom. The lowest BCUT2D eigenvalue weighted by Gasteiger charge is -2.26. The summed E-state index contributed by atoms with van der Waals surface area (Å²) in [6, 6.07) is 0.00688. The summed E-state index contributed by atoms with van der Waals surface area (Å²) in [5, 5.41) is 34.0. The average molecular weight is 392 g/mol. The highest BCUT2D eigenvalue weighted by Crippen LogP contribution is 2.33. The van der Waals surface area contributed by atoms with Gasteiger partial charge in [-0.25, -0.2) is 15.0 Å². The van der Waals surface area contributed by atoms with E-state index < -0.39 is 36.6 Å². The molecule has 0 radical (unpaired) electrons. The molecule has 3 unspecified atom stereocenters. The first-order valence-electron chi connectivity index (χ1n) is 9.40. The fourth-order valence-corrected chi connectivity index (χ4v) is 3.92. The van der Waals surface area contributed by atoms with Crippen molar-refractivity contribution in [2.45, 2.75) is 68.8 Å². The van der Waals surface area contributed by atoms with Gasteiger partial charge in [0.2, 0.25) is 0 Å². The fourth-order valence-electron chi connectivity index (χ4n) is 3.92. The quantitative estimate of drug-likeness (QED) is 0.431. The third-order valence-electron chi connectivity index (χ3n) is 5.47. The second-order valence-corrected chi connectivity index (χ2v) is 7.34. The molecule has 0 spiro atoms. The molecule has 4 rings (SSSR count). The van der Waals surface area contributed by atoms with E-state index in [9.17, 15) is 20.1 Å². The molecule has 11 nitrogen and oxygen atoms in total. The molecule has 1 saturated heterocycles. The van der Waals surface area contributed by atoms with Crippen LogP contribution < -0.4 is 11.1 Å². The maximum absolute atomic E-state index is 12.4. The van der Waals surface area contributed by atoms with Crippen molar-refractivity contribution in [3.63, 3.8) is 0 Å². The Bertz CT molecular complexity index is 854. The van der Waals surface area contributed by atoms with Crippen molar-refractivity contribution in [2.75, 3.05) is 5.73 Å². The number of rotatable bonds is 4. The van der Waals surface area contributed by atoms with Crippen molar-refractivity contribution in [3.05, 3.63) is 12.7 Å². The zero-order valence-corrected chi connectivity index (χ0v) is 15.2. The van der Waals surface area contributed by atoms with E-state index in [0.717, 1.165) is 32.1 Å². The van der Waals surface area contributed by atoms with Crippen LogP contribution in [-0.2, 0) is 9.53 Å². The number of aromatic nitrogens is 4. The Balaban J connectivity index is 1.50. The Morgan fingerprint density at radius 1 is 1.21 bits per heavy atom. The van der Waals surface area contributed by atoms with Gasteiger partial charge in [-0.15, -0.1) is 0 Å². The minimum absolute atomic E-state index is 0.00688. The van der Waals surface area contributed by atoms with Crippen molar-refractivity contribution < 1.29 is 24.9 Å². The van der Waals surface area contributed by atoms with Gasteiger partial charge in [0, 0.05) is 6.04 Å². The monoisotopic (exact) mass is 392 g/mol. The molecule has 152 valence electrons. The number of ether oxygens (including phenoxy) is 1. The molecule has 2 fully saturated rings. The molecule has 6 N–H and O–H groups in total. The number of anilines is 1. The van der Waals surface area contributed by atoms with Crippen molar-refractivity contribution in [2.24, 2.45) is 0 Å². The number of nitrogen functional groups attached to an aromatic ring is 1. The van der Waals surface area contributed by atoms with Crippen molar-refractivity contribution >= 4 is 22.9 Å². The van der Waals surface area contributed by atoms with Crippen molar-refractivity contribution in [3.8, 4) is 0 Å². The highest BCUT2D eigenvalue weighted by Gasteiger charge is 2.49. The summed E-state index contributed by atoms with van der Waals surface area (Å²) < 4.78 is 7.06. The molecular weight excluding hydrogens is 368 g/mol. The Kier molecular flexibility index (Phi) is 5.15. The van der Waals surface area contributed by atoms with Gasteiger partial charge in [0.15, 0.2) is 23.8 Å². The molecule has 28 heavy (non-hydrogen) atoms. The number of aliphatic hydroxyl groups is 3. The number of nitrogens with one attached hydrogen (secondary N) is 1. The molecule has 5 atom stereocenters. The summed E-state index contributed by atoms with van der Waals surface area (Å²) in [7, 11) is 0. The van der Waals surface area contributed by atoms with Crippen LogP contribution in [0.25, 0.3) is 11.2 Å². The number of aliphatic hydroxyl groups excluding tert-OH is 3. The van der Waals surface area contributed by atoms with Crippen LogP contribution in [0.2, 0.25) is 0 Å². The van der Waals surface area contributed by atoms with Crippen LogP contribution >= 0.6 is 0 Å². The first-order valence-corrected chi connectivity index (χ1v) is 9.40. The molecule has 1 aliphatic carbocycles. The number of hydrogen-bond acceptors (Lipinski definition) is 9. The smallest absolute Gasteiger partial charge is 0.251 e. The Morgan fingerprint density at radius 2 is 1.96 bits per heavy atom. The molecule has 0 aromatic carbocycles. The largest absolute Gasteiger partial charge is 0.387 e. The maximum Gasteiger partial charge on any atom is 0.251 e. The third-order valence-corrected chi connectivity index (χ3v) is 5.47. The minimum Gasteiger partial charge on any atom is -0.387 e.